The SMILES string of the molecule is CCC(CC)N1CCN(Cc2c(-c3ccccc3)noc2C)CC1. The summed E-state index contributed by atoms with van der Waals surface area (Å²) in [5.74, 6) is 0.941. The van der Waals surface area contributed by atoms with Crippen molar-refractivity contribution in [1.29, 1.82) is 0 Å². The van der Waals surface area contributed by atoms with Crippen LogP contribution in [-0.2, 0) is 6.54 Å². The van der Waals surface area contributed by atoms with E-state index in [2.05, 4.69) is 53.1 Å². The highest BCUT2D eigenvalue weighted by Crippen LogP contribution is 2.26. The van der Waals surface area contributed by atoms with Crippen molar-refractivity contribution in [3.05, 3.63) is 41.7 Å². The minimum absolute atomic E-state index is 0.740. The third-order valence-corrected chi connectivity index (χ3v) is 5.28. The van der Waals surface area contributed by atoms with E-state index in [1.807, 2.05) is 13.0 Å². The summed E-state index contributed by atoms with van der Waals surface area (Å²) in [6.07, 6.45) is 2.50. The summed E-state index contributed by atoms with van der Waals surface area (Å²) in [6.45, 7) is 12.1. The van der Waals surface area contributed by atoms with Crippen LogP contribution in [0.25, 0.3) is 11.3 Å². The molecule has 1 saturated heterocycles. The number of rotatable bonds is 6. The first-order valence-corrected chi connectivity index (χ1v) is 9.19. The van der Waals surface area contributed by atoms with Gasteiger partial charge in [-0.3, -0.25) is 9.80 Å². The van der Waals surface area contributed by atoms with Crippen LogP contribution < -0.4 is 0 Å². The first-order chi connectivity index (χ1) is 11.7. The highest BCUT2D eigenvalue weighted by atomic mass is 16.5. The largest absolute Gasteiger partial charge is 0.361 e. The molecule has 1 fully saturated rings. The molecule has 0 unspecified atom stereocenters. The maximum absolute atomic E-state index is 5.50. The van der Waals surface area contributed by atoms with Crippen molar-refractivity contribution in [2.24, 2.45) is 0 Å². The number of piperazine rings is 1. The lowest BCUT2D eigenvalue weighted by Crippen LogP contribution is -2.49. The molecule has 1 aliphatic heterocycles. The molecule has 2 heterocycles. The van der Waals surface area contributed by atoms with Gasteiger partial charge in [0.15, 0.2) is 0 Å². The molecule has 0 radical (unpaired) electrons. The van der Waals surface area contributed by atoms with Gasteiger partial charge >= 0.3 is 0 Å². The Morgan fingerprint density at radius 3 is 2.33 bits per heavy atom. The second-order valence-electron chi connectivity index (χ2n) is 6.71. The molecule has 1 aromatic heterocycles. The number of aryl methyl sites for hydroxylation is 1. The molecule has 24 heavy (non-hydrogen) atoms. The molecular formula is C20H29N3O. The summed E-state index contributed by atoms with van der Waals surface area (Å²) in [5, 5.41) is 4.31. The van der Waals surface area contributed by atoms with Gasteiger partial charge in [0.1, 0.15) is 11.5 Å². The van der Waals surface area contributed by atoms with Crippen LogP contribution >= 0.6 is 0 Å². The molecule has 130 valence electrons. The van der Waals surface area contributed by atoms with Crippen molar-refractivity contribution in [1.82, 2.24) is 15.0 Å². The van der Waals surface area contributed by atoms with E-state index >= 15 is 0 Å². The summed E-state index contributed by atoms with van der Waals surface area (Å²) in [4.78, 5) is 5.18. The smallest absolute Gasteiger partial charge is 0.138 e. The van der Waals surface area contributed by atoms with Crippen LogP contribution in [0.15, 0.2) is 34.9 Å². The van der Waals surface area contributed by atoms with Crippen LogP contribution in [0.4, 0.5) is 0 Å². The average Bonchev–Trinajstić information content (AvgIpc) is 2.99. The minimum atomic E-state index is 0.740. The Bertz CT molecular complexity index is 626. The molecule has 3 rings (SSSR count). The predicted octanol–water partition coefficient (Wildman–Crippen LogP) is 3.96. The molecule has 0 amide bonds. The quantitative estimate of drug-likeness (QED) is 0.804. The van der Waals surface area contributed by atoms with Crippen molar-refractivity contribution in [2.45, 2.75) is 46.2 Å². The molecule has 0 saturated carbocycles. The van der Waals surface area contributed by atoms with Gasteiger partial charge in [0.2, 0.25) is 0 Å². The van der Waals surface area contributed by atoms with Crippen molar-refractivity contribution in [2.75, 3.05) is 26.2 Å². The Hall–Kier alpha value is -1.65. The van der Waals surface area contributed by atoms with Crippen LogP contribution in [0, 0.1) is 6.92 Å². The van der Waals surface area contributed by atoms with Crippen molar-refractivity contribution >= 4 is 0 Å². The van der Waals surface area contributed by atoms with Crippen molar-refractivity contribution in [3.63, 3.8) is 0 Å². The van der Waals surface area contributed by atoms with Gasteiger partial charge < -0.3 is 4.52 Å². The summed E-state index contributed by atoms with van der Waals surface area (Å²) < 4.78 is 5.50. The molecule has 4 nitrogen and oxygen atoms in total. The highest BCUT2D eigenvalue weighted by Gasteiger charge is 2.24. The van der Waals surface area contributed by atoms with Crippen LogP contribution in [-0.4, -0.2) is 47.2 Å². The summed E-state index contributed by atoms with van der Waals surface area (Å²) in [7, 11) is 0. The van der Waals surface area contributed by atoms with Gasteiger partial charge in [-0.25, -0.2) is 0 Å². The zero-order valence-corrected chi connectivity index (χ0v) is 15.2. The predicted molar refractivity (Wildman–Crippen MR) is 97.9 cm³/mol. The lowest BCUT2D eigenvalue weighted by Gasteiger charge is -2.38. The number of nitrogens with zero attached hydrogens (tertiary/aromatic N) is 3. The van der Waals surface area contributed by atoms with Crippen molar-refractivity contribution in [3.8, 4) is 11.3 Å². The van der Waals surface area contributed by atoms with Crippen LogP contribution in [0.2, 0.25) is 0 Å². The second-order valence-corrected chi connectivity index (χ2v) is 6.71. The summed E-state index contributed by atoms with van der Waals surface area (Å²) >= 11 is 0. The monoisotopic (exact) mass is 327 g/mol. The maximum atomic E-state index is 5.50. The standard InChI is InChI=1S/C20H29N3O/c1-4-18(5-2)23-13-11-22(12-14-23)15-19-16(3)24-21-20(19)17-9-7-6-8-10-17/h6-10,18H,4-5,11-15H2,1-3H3. The fourth-order valence-electron chi connectivity index (χ4n) is 3.72. The van der Waals surface area contributed by atoms with E-state index < -0.39 is 0 Å². The van der Waals surface area contributed by atoms with E-state index in [4.69, 9.17) is 4.52 Å². The molecule has 0 aliphatic carbocycles. The molecule has 2 aromatic rings. The van der Waals surface area contributed by atoms with Gasteiger partial charge in [-0.1, -0.05) is 49.3 Å². The topological polar surface area (TPSA) is 32.5 Å². The lowest BCUT2D eigenvalue weighted by atomic mass is 10.1. The minimum Gasteiger partial charge on any atom is -0.361 e. The zero-order valence-electron chi connectivity index (χ0n) is 15.2. The lowest BCUT2D eigenvalue weighted by molar-refractivity contribution is 0.0879. The van der Waals surface area contributed by atoms with Crippen LogP contribution in [0.3, 0.4) is 0 Å². The molecule has 1 aliphatic rings. The molecule has 0 bridgehead atoms. The third-order valence-electron chi connectivity index (χ3n) is 5.28. The number of benzene rings is 1. The fraction of sp³-hybridized carbons (Fsp3) is 0.550. The zero-order chi connectivity index (χ0) is 16.9. The molecule has 0 spiro atoms. The Labute approximate surface area is 145 Å². The Balaban J connectivity index is 1.67. The number of aromatic nitrogens is 1. The molecule has 0 N–H and O–H groups in total. The Morgan fingerprint density at radius 1 is 1.04 bits per heavy atom. The van der Waals surface area contributed by atoms with Gasteiger partial charge in [0.05, 0.1) is 0 Å². The Morgan fingerprint density at radius 2 is 1.71 bits per heavy atom. The molecule has 0 atom stereocenters. The third kappa shape index (κ3) is 3.70. The van der Waals surface area contributed by atoms with E-state index in [-0.39, 0.29) is 0 Å². The molecular weight excluding hydrogens is 298 g/mol. The van der Waals surface area contributed by atoms with Gasteiger partial charge in [0.25, 0.3) is 0 Å². The van der Waals surface area contributed by atoms with E-state index in [1.165, 1.54) is 18.4 Å². The van der Waals surface area contributed by atoms with E-state index in [0.29, 0.717) is 0 Å². The average molecular weight is 327 g/mol. The second kappa shape index (κ2) is 7.95. The molecule has 1 aromatic carbocycles. The maximum Gasteiger partial charge on any atom is 0.138 e. The molecule has 4 heteroatoms. The van der Waals surface area contributed by atoms with Crippen LogP contribution in [0.1, 0.15) is 38.0 Å². The van der Waals surface area contributed by atoms with E-state index in [0.717, 1.165) is 55.8 Å². The van der Waals surface area contributed by atoms with Gasteiger partial charge in [-0.2, -0.15) is 0 Å². The van der Waals surface area contributed by atoms with E-state index in [9.17, 15) is 0 Å². The summed E-state index contributed by atoms with van der Waals surface area (Å²) in [5.41, 5.74) is 3.37. The van der Waals surface area contributed by atoms with Gasteiger partial charge in [-0.05, 0) is 19.8 Å². The number of hydrogen-bond acceptors (Lipinski definition) is 4. The highest BCUT2D eigenvalue weighted by molar-refractivity contribution is 5.63. The first kappa shape index (κ1) is 17.2. The summed E-state index contributed by atoms with van der Waals surface area (Å²) in [6, 6.07) is 11.1. The first-order valence-electron chi connectivity index (χ1n) is 9.19. The normalized spacial score (nSPS) is 16.8. The fourth-order valence-corrected chi connectivity index (χ4v) is 3.72. The number of hydrogen-bond donors (Lipinski definition) is 0. The van der Waals surface area contributed by atoms with Gasteiger partial charge in [0, 0.05) is 49.9 Å². The van der Waals surface area contributed by atoms with Crippen LogP contribution in [0.5, 0.6) is 0 Å². The van der Waals surface area contributed by atoms with Crippen molar-refractivity contribution < 1.29 is 4.52 Å². The van der Waals surface area contributed by atoms with E-state index in [1.54, 1.807) is 0 Å². The Kier molecular flexibility index (Phi) is 5.69. The van der Waals surface area contributed by atoms with Gasteiger partial charge in [-0.15, -0.1) is 0 Å².